The SMILES string of the molecule is COC(=O)c1ccn(C2CC(OC)C2)c1. The summed E-state index contributed by atoms with van der Waals surface area (Å²) >= 11 is 0. The molecule has 0 N–H and O–H groups in total. The van der Waals surface area contributed by atoms with Crippen molar-refractivity contribution in [2.75, 3.05) is 14.2 Å². The zero-order valence-corrected chi connectivity index (χ0v) is 8.97. The third-order valence-corrected chi connectivity index (χ3v) is 2.96. The Morgan fingerprint density at radius 1 is 1.47 bits per heavy atom. The number of nitrogens with zero attached hydrogens (tertiary/aromatic N) is 1. The first-order valence-corrected chi connectivity index (χ1v) is 5.03. The smallest absolute Gasteiger partial charge is 0.339 e. The molecule has 1 aliphatic carbocycles. The number of esters is 1. The molecule has 15 heavy (non-hydrogen) atoms. The molecule has 0 spiro atoms. The van der Waals surface area contributed by atoms with E-state index in [0.717, 1.165) is 12.8 Å². The summed E-state index contributed by atoms with van der Waals surface area (Å²) in [6.45, 7) is 0. The van der Waals surface area contributed by atoms with Gasteiger partial charge in [0.05, 0.1) is 18.8 Å². The lowest BCUT2D eigenvalue weighted by Crippen LogP contribution is -2.31. The first-order valence-electron chi connectivity index (χ1n) is 5.03. The van der Waals surface area contributed by atoms with Crippen LogP contribution in [0.5, 0.6) is 0 Å². The van der Waals surface area contributed by atoms with Crippen molar-refractivity contribution in [2.24, 2.45) is 0 Å². The van der Waals surface area contributed by atoms with E-state index in [1.807, 2.05) is 12.4 Å². The van der Waals surface area contributed by atoms with Gasteiger partial charge in [-0.3, -0.25) is 0 Å². The Labute approximate surface area is 88.8 Å². The van der Waals surface area contributed by atoms with Crippen LogP contribution in [0.2, 0.25) is 0 Å². The van der Waals surface area contributed by atoms with Gasteiger partial charge in [0, 0.05) is 25.5 Å². The Bertz CT molecular complexity index is 352. The molecule has 1 fully saturated rings. The van der Waals surface area contributed by atoms with Crippen LogP contribution >= 0.6 is 0 Å². The number of hydrogen-bond donors (Lipinski definition) is 0. The summed E-state index contributed by atoms with van der Waals surface area (Å²) < 4.78 is 11.9. The minimum atomic E-state index is -0.281. The Morgan fingerprint density at radius 2 is 2.20 bits per heavy atom. The summed E-state index contributed by atoms with van der Waals surface area (Å²) in [6.07, 6.45) is 6.17. The molecule has 0 atom stereocenters. The molecule has 0 bridgehead atoms. The summed E-state index contributed by atoms with van der Waals surface area (Å²) in [6, 6.07) is 2.25. The number of hydrogen-bond acceptors (Lipinski definition) is 3. The van der Waals surface area contributed by atoms with E-state index < -0.39 is 0 Å². The molecule has 0 amide bonds. The number of carbonyl (C=O) groups excluding carboxylic acids is 1. The second-order valence-corrected chi connectivity index (χ2v) is 3.82. The van der Waals surface area contributed by atoms with E-state index in [1.165, 1.54) is 7.11 Å². The molecule has 2 rings (SSSR count). The third kappa shape index (κ3) is 1.90. The lowest BCUT2D eigenvalue weighted by molar-refractivity contribution is 0.00626. The quantitative estimate of drug-likeness (QED) is 0.710. The maximum absolute atomic E-state index is 11.2. The minimum absolute atomic E-state index is 0.281. The van der Waals surface area contributed by atoms with Crippen molar-refractivity contribution in [3.8, 4) is 0 Å². The van der Waals surface area contributed by atoms with Gasteiger partial charge in [0.1, 0.15) is 0 Å². The first-order chi connectivity index (χ1) is 7.24. The molecular formula is C11H15NO3. The maximum Gasteiger partial charge on any atom is 0.339 e. The summed E-state index contributed by atoms with van der Waals surface area (Å²) in [5.74, 6) is -0.281. The van der Waals surface area contributed by atoms with Crippen molar-refractivity contribution >= 4 is 5.97 Å². The first kappa shape index (κ1) is 10.2. The van der Waals surface area contributed by atoms with Gasteiger partial charge < -0.3 is 14.0 Å². The Balaban J connectivity index is 1.99. The molecule has 82 valence electrons. The zero-order chi connectivity index (χ0) is 10.8. The number of ether oxygens (including phenoxy) is 2. The zero-order valence-electron chi connectivity index (χ0n) is 8.97. The second kappa shape index (κ2) is 4.06. The van der Waals surface area contributed by atoms with Gasteiger partial charge in [-0.15, -0.1) is 0 Å². The predicted molar refractivity (Wildman–Crippen MR) is 54.8 cm³/mol. The molecule has 0 unspecified atom stereocenters. The van der Waals surface area contributed by atoms with Crippen molar-refractivity contribution in [2.45, 2.75) is 25.0 Å². The Morgan fingerprint density at radius 3 is 2.80 bits per heavy atom. The fraction of sp³-hybridized carbons (Fsp3) is 0.545. The van der Waals surface area contributed by atoms with Crippen LogP contribution in [0.25, 0.3) is 0 Å². The number of rotatable bonds is 3. The van der Waals surface area contributed by atoms with Crippen molar-refractivity contribution in [3.05, 3.63) is 24.0 Å². The van der Waals surface area contributed by atoms with Gasteiger partial charge in [0.15, 0.2) is 0 Å². The van der Waals surface area contributed by atoms with Crippen LogP contribution in [0.3, 0.4) is 0 Å². The van der Waals surface area contributed by atoms with E-state index >= 15 is 0 Å². The van der Waals surface area contributed by atoms with Gasteiger partial charge in [0.25, 0.3) is 0 Å². The monoisotopic (exact) mass is 209 g/mol. The van der Waals surface area contributed by atoms with Crippen LogP contribution in [-0.4, -0.2) is 30.9 Å². The van der Waals surface area contributed by atoms with Crippen LogP contribution in [0.4, 0.5) is 0 Å². The Hall–Kier alpha value is -1.29. The van der Waals surface area contributed by atoms with Crippen LogP contribution in [0.1, 0.15) is 29.2 Å². The molecule has 4 heteroatoms. The van der Waals surface area contributed by atoms with Gasteiger partial charge in [0.2, 0.25) is 0 Å². The highest BCUT2D eigenvalue weighted by molar-refractivity contribution is 5.89. The fourth-order valence-electron chi connectivity index (χ4n) is 1.85. The number of aromatic nitrogens is 1. The van der Waals surface area contributed by atoms with Crippen molar-refractivity contribution in [3.63, 3.8) is 0 Å². The van der Waals surface area contributed by atoms with Gasteiger partial charge in [-0.2, -0.15) is 0 Å². The lowest BCUT2D eigenvalue weighted by atomic mass is 9.89. The largest absolute Gasteiger partial charge is 0.465 e. The number of carbonyl (C=O) groups is 1. The standard InChI is InChI=1S/C11H15NO3/c1-14-10-5-9(6-10)12-4-3-8(7-12)11(13)15-2/h3-4,7,9-10H,5-6H2,1-2H3. The molecule has 1 saturated carbocycles. The molecule has 0 radical (unpaired) electrons. The van der Waals surface area contributed by atoms with Crippen molar-refractivity contribution in [1.82, 2.24) is 4.57 Å². The van der Waals surface area contributed by atoms with Crippen molar-refractivity contribution in [1.29, 1.82) is 0 Å². The molecule has 1 aromatic heterocycles. The van der Waals surface area contributed by atoms with Crippen molar-refractivity contribution < 1.29 is 14.3 Å². The number of methoxy groups -OCH3 is 2. The predicted octanol–water partition coefficient (Wildman–Crippen LogP) is 1.62. The topological polar surface area (TPSA) is 40.5 Å². The highest BCUT2D eigenvalue weighted by atomic mass is 16.5. The minimum Gasteiger partial charge on any atom is -0.465 e. The van der Waals surface area contributed by atoms with Crippen LogP contribution < -0.4 is 0 Å². The van der Waals surface area contributed by atoms with Crippen LogP contribution in [0, 0.1) is 0 Å². The van der Waals surface area contributed by atoms with Crippen LogP contribution in [-0.2, 0) is 9.47 Å². The molecule has 1 aromatic rings. The lowest BCUT2D eigenvalue weighted by Gasteiger charge is -2.35. The molecule has 0 aromatic carbocycles. The summed E-state index contributed by atoms with van der Waals surface area (Å²) in [7, 11) is 3.13. The second-order valence-electron chi connectivity index (χ2n) is 3.82. The Kier molecular flexibility index (Phi) is 2.77. The molecular weight excluding hydrogens is 194 g/mol. The molecule has 0 aliphatic heterocycles. The molecule has 4 nitrogen and oxygen atoms in total. The highest BCUT2D eigenvalue weighted by Crippen LogP contribution is 2.34. The highest BCUT2D eigenvalue weighted by Gasteiger charge is 2.30. The normalized spacial score (nSPS) is 24.7. The van der Waals surface area contributed by atoms with E-state index in [4.69, 9.17) is 4.74 Å². The summed E-state index contributed by atoms with van der Waals surface area (Å²) in [5.41, 5.74) is 0.610. The van der Waals surface area contributed by atoms with Gasteiger partial charge >= 0.3 is 5.97 Å². The van der Waals surface area contributed by atoms with Crippen LogP contribution in [0.15, 0.2) is 18.5 Å². The van der Waals surface area contributed by atoms with E-state index in [-0.39, 0.29) is 5.97 Å². The van der Waals surface area contributed by atoms with E-state index in [2.05, 4.69) is 9.30 Å². The van der Waals surface area contributed by atoms with E-state index in [0.29, 0.717) is 17.7 Å². The molecule has 0 saturated heterocycles. The van der Waals surface area contributed by atoms with E-state index in [9.17, 15) is 4.79 Å². The van der Waals surface area contributed by atoms with Gasteiger partial charge in [-0.05, 0) is 18.9 Å². The summed E-state index contributed by atoms with van der Waals surface area (Å²) in [4.78, 5) is 11.2. The average Bonchev–Trinajstić information content (AvgIpc) is 2.64. The van der Waals surface area contributed by atoms with Gasteiger partial charge in [-0.1, -0.05) is 0 Å². The van der Waals surface area contributed by atoms with E-state index in [1.54, 1.807) is 13.2 Å². The molecule has 1 aliphatic rings. The summed E-state index contributed by atoms with van der Waals surface area (Å²) in [5, 5.41) is 0. The molecule has 1 heterocycles. The maximum atomic E-state index is 11.2. The third-order valence-electron chi connectivity index (χ3n) is 2.96. The average molecular weight is 209 g/mol. The fourth-order valence-corrected chi connectivity index (χ4v) is 1.85. The van der Waals surface area contributed by atoms with Gasteiger partial charge in [-0.25, -0.2) is 4.79 Å².